The average molecular weight is 345 g/mol. The lowest BCUT2D eigenvalue weighted by atomic mass is 10.2. The molecule has 130 valence electrons. The highest BCUT2D eigenvalue weighted by molar-refractivity contribution is 5.96. The van der Waals surface area contributed by atoms with Crippen LogP contribution >= 0.6 is 0 Å². The molecule has 1 aromatic heterocycles. The first-order valence-corrected chi connectivity index (χ1v) is 8.32. The van der Waals surface area contributed by atoms with Gasteiger partial charge < -0.3 is 9.88 Å². The molecule has 0 saturated heterocycles. The SMILES string of the molecule is O=C(CNC(=O)c1ccccc1)N=c1ccccn1Cc1ccccc1. The number of hydrogen-bond acceptors (Lipinski definition) is 2. The van der Waals surface area contributed by atoms with E-state index in [0.29, 0.717) is 17.6 Å². The molecule has 5 heteroatoms. The van der Waals surface area contributed by atoms with E-state index in [2.05, 4.69) is 10.3 Å². The van der Waals surface area contributed by atoms with Crippen molar-refractivity contribution < 1.29 is 9.59 Å². The number of aromatic nitrogens is 1. The van der Waals surface area contributed by atoms with Gasteiger partial charge in [0.15, 0.2) is 0 Å². The molecule has 1 heterocycles. The summed E-state index contributed by atoms with van der Waals surface area (Å²) >= 11 is 0. The van der Waals surface area contributed by atoms with Crippen LogP contribution in [-0.2, 0) is 11.3 Å². The van der Waals surface area contributed by atoms with Gasteiger partial charge in [0.2, 0.25) is 0 Å². The molecule has 0 aliphatic rings. The van der Waals surface area contributed by atoms with Gasteiger partial charge in [-0.2, -0.15) is 4.99 Å². The van der Waals surface area contributed by atoms with E-state index >= 15 is 0 Å². The molecule has 0 spiro atoms. The number of nitrogens with one attached hydrogen (secondary N) is 1. The van der Waals surface area contributed by atoms with Crippen LogP contribution in [0.2, 0.25) is 0 Å². The van der Waals surface area contributed by atoms with E-state index in [1.165, 1.54) is 0 Å². The monoisotopic (exact) mass is 345 g/mol. The molecule has 1 N–H and O–H groups in total. The fraction of sp³-hybridized carbons (Fsp3) is 0.0952. The van der Waals surface area contributed by atoms with Crippen molar-refractivity contribution in [2.75, 3.05) is 6.54 Å². The van der Waals surface area contributed by atoms with Crippen molar-refractivity contribution in [1.29, 1.82) is 0 Å². The maximum Gasteiger partial charge on any atom is 0.267 e. The number of amides is 2. The molecule has 2 amide bonds. The average Bonchev–Trinajstić information content (AvgIpc) is 2.69. The summed E-state index contributed by atoms with van der Waals surface area (Å²) in [5.74, 6) is -0.693. The Bertz CT molecular complexity index is 948. The number of benzene rings is 2. The molecule has 26 heavy (non-hydrogen) atoms. The third-order valence-corrected chi connectivity index (χ3v) is 3.79. The van der Waals surface area contributed by atoms with Crippen molar-refractivity contribution in [3.05, 3.63) is 102 Å². The van der Waals surface area contributed by atoms with Crippen LogP contribution in [0.1, 0.15) is 15.9 Å². The predicted octanol–water partition coefficient (Wildman–Crippen LogP) is 2.39. The van der Waals surface area contributed by atoms with E-state index in [9.17, 15) is 9.59 Å². The third kappa shape index (κ3) is 4.77. The summed E-state index contributed by atoms with van der Waals surface area (Å²) in [7, 11) is 0. The fourth-order valence-corrected chi connectivity index (χ4v) is 2.50. The van der Waals surface area contributed by atoms with Gasteiger partial charge in [-0.1, -0.05) is 54.6 Å². The molecule has 3 aromatic rings. The van der Waals surface area contributed by atoms with Gasteiger partial charge in [0, 0.05) is 18.3 Å². The molecule has 3 rings (SSSR count). The van der Waals surface area contributed by atoms with Crippen molar-refractivity contribution in [3.63, 3.8) is 0 Å². The van der Waals surface area contributed by atoms with Crippen molar-refractivity contribution >= 4 is 11.8 Å². The smallest absolute Gasteiger partial charge is 0.267 e. The molecule has 0 aliphatic carbocycles. The highest BCUT2D eigenvalue weighted by Gasteiger charge is 2.07. The van der Waals surface area contributed by atoms with Crippen LogP contribution in [0.3, 0.4) is 0 Å². The first-order chi connectivity index (χ1) is 12.7. The highest BCUT2D eigenvalue weighted by Crippen LogP contribution is 2.00. The van der Waals surface area contributed by atoms with Gasteiger partial charge in [0.25, 0.3) is 11.8 Å². The molecular formula is C21H19N3O2. The minimum absolute atomic E-state index is 0.145. The second-order valence-electron chi connectivity index (χ2n) is 5.73. The Morgan fingerprint density at radius 2 is 1.50 bits per heavy atom. The number of nitrogens with zero attached hydrogens (tertiary/aromatic N) is 2. The Morgan fingerprint density at radius 3 is 2.23 bits per heavy atom. The Hall–Kier alpha value is -3.47. The molecular weight excluding hydrogens is 326 g/mol. The second-order valence-corrected chi connectivity index (χ2v) is 5.73. The summed E-state index contributed by atoms with van der Waals surface area (Å²) < 4.78 is 1.90. The van der Waals surface area contributed by atoms with Gasteiger partial charge in [-0.15, -0.1) is 0 Å². The van der Waals surface area contributed by atoms with Crippen LogP contribution in [0, 0.1) is 0 Å². The Balaban J connectivity index is 1.69. The summed E-state index contributed by atoms with van der Waals surface area (Å²) in [4.78, 5) is 28.3. The zero-order valence-electron chi connectivity index (χ0n) is 14.2. The fourth-order valence-electron chi connectivity index (χ4n) is 2.50. The molecule has 0 unspecified atom stereocenters. The molecule has 0 saturated carbocycles. The lowest BCUT2D eigenvalue weighted by Crippen LogP contribution is -2.30. The predicted molar refractivity (Wildman–Crippen MR) is 99.3 cm³/mol. The van der Waals surface area contributed by atoms with E-state index in [1.807, 2.05) is 59.3 Å². The molecule has 2 aromatic carbocycles. The van der Waals surface area contributed by atoms with Crippen LogP contribution in [0.4, 0.5) is 0 Å². The van der Waals surface area contributed by atoms with Crippen LogP contribution < -0.4 is 10.8 Å². The molecule has 0 radical (unpaired) electrons. The largest absolute Gasteiger partial charge is 0.343 e. The summed E-state index contributed by atoms with van der Waals surface area (Å²) in [5.41, 5.74) is 2.18. The van der Waals surface area contributed by atoms with Crippen molar-refractivity contribution in [2.24, 2.45) is 4.99 Å². The maximum absolute atomic E-state index is 12.2. The topological polar surface area (TPSA) is 63.5 Å². The Labute approximate surface area is 151 Å². The number of hydrogen-bond donors (Lipinski definition) is 1. The molecule has 0 aliphatic heterocycles. The molecule has 5 nitrogen and oxygen atoms in total. The minimum Gasteiger partial charge on any atom is -0.343 e. The van der Waals surface area contributed by atoms with Gasteiger partial charge in [0.05, 0.1) is 6.54 Å². The van der Waals surface area contributed by atoms with Crippen LogP contribution in [0.15, 0.2) is 90.1 Å². The van der Waals surface area contributed by atoms with Gasteiger partial charge >= 0.3 is 0 Å². The Morgan fingerprint density at radius 1 is 0.846 bits per heavy atom. The zero-order chi connectivity index (χ0) is 18.2. The number of carbonyl (C=O) groups excluding carboxylic acids is 2. The van der Waals surface area contributed by atoms with E-state index in [4.69, 9.17) is 0 Å². The highest BCUT2D eigenvalue weighted by atomic mass is 16.2. The number of rotatable bonds is 5. The first-order valence-electron chi connectivity index (χ1n) is 8.32. The van der Waals surface area contributed by atoms with Crippen LogP contribution in [0.25, 0.3) is 0 Å². The van der Waals surface area contributed by atoms with Crippen LogP contribution in [-0.4, -0.2) is 22.9 Å². The standard InChI is InChI=1S/C21H19N3O2/c25-20(15-22-21(26)18-11-5-2-6-12-18)23-19-13-7-8-14-24(19)16-17-9-3-1-4-10-17/h1-14H,15-16H2,(H,22,26). The van der Waals surface area contributed by atoms with E-state index in [-0.39, 0.29) is 12.5 Å². The number of pyridine rings is 1. The van der Waals surface area contributed by atoms with Crippen molar-refractivity contribution in [1.82, 2.24) is 9.88 Å². The van der Waals surface area contributed by atoms with E-state index in [0.717, 1.165) is 5.56 Å². The van der Waals surface area contributed by atoms with Gasteiger partial charge in [-0.3, -0.25) is 9.59 Å². The first kappa shape index (κ1) is 17.4. The number of carbonyl (C=O) groups is 2. The van der Waals surface area contributed by atoms with E-state index < -0.39 is 5.91 Å². The minimum atomic E-state index is -0.401. The second kappa shape index (κ2) is 8.58. The van der Waals surface area contributed by atoms with Crippen LogP contribution in [0.5, 0.6) is 0 Å². The van der Waals surface area contributed by atoms with E-state index in [1.54, 1.807) is 30.3 Å². The lowest BCUT2D eigenvalue weighted by molar-refractivity contribution is -0.117. The van der Waals surface area contributed by atoms with Crippen molar-refractivity contribution in [2.45, 2.75) is 6.54 Å². The van der Waals surface area contributed by atoms with Gasteiger partial charge in [0.1, 0.15) is 5.49 Å². The summed E-state index contributed by atoms with van der Waals surface area (Å²) in [6.07, 6.45) is 1.88. The molecule has 0 atom stereocenters. The summed E-state index contributed by atoms with van der Waals surface area (Å²) in [5, 5.41) is 2.60. The van der Waals surface area contributed by atoms with Gasteiger partial charge in [-0.25, -0.2) is 0 Å². The quantitative estimate of drug-likeness (QED) is 0.772. The van der Waals surface area contributed by atoms with Crippen molar-refractivity contribution in [3.8, 4) is 0 Å². The molecule has 0 fully saturated rings. The lowest BCUT2D eigenvalue weighted by Gasteiger charge is -2.07. The zero-order valence-corrected chi connectivity index (χ0v) is 14.2. The summed E-state index contributed by atoms with van der Waals surface area (Å²) in [6.45, 7) is 0.470. The molecule has 0 bridgehead atoms. The van der Waals surface area contributed by atoms with Gasteiger partial charge in [-0.05, 0) is 29.8 Å². The third-order valence-electron chi connectivity index (χ3n) is 3.79. The maximum atomic E-state index is 12.2. The summed E-state index contributed by atoms with van der Waals surface area (Å²) in [6, 6.07) is 24.2. The normalized spacial score (nSPS) is 11.2. The Kier molecular flexibility index (Phi) is 5.72.